The number of rotatable bonds is 0. The number of carbonyl (C=O) groups excluding carboxylic acids is 1. The van der Waals surface area contributed by atoms with Crippen LogP contribution in [-0.4, -0.2) is 11.7 Å². The van der Waals surface area contributed by atoms with Gasteiger partial charge in [0.1, 0.15) is 5.84 Å². The van der Waals surface area contributed by atoms with Crippen LogP contribution in [0, 0.1) is 0 Å². The van der Waals surface area contributed by atoms with Gasteiger partial charge in [-0.1, -0.05) is 15.9 Å². The van der Waals surface area contributed by atoms with Crippen LogP contribution >= 0.6 is 112 Å². The SMILES string of the molecule is O=C1c2c(Br)c(Br)c(Br)c(Br)c2C2=Nc3c(Br)c(Br)cc4cc(Br)cc(c34)N12. The molecular formula is C18H3Br7N2O. The molecule has 0 spiro atoms. The highest BCUT2D eigenvalue weighted by atomic mass is 79.9. The Hall–Kier alpha value is 0.420. The van der Waals surface area contributed by atoms with Crippen LogP contribution < -0.4 is 4.90 Å². The summed E-state index contributed by atoms with van der Waals surface area (Å²) in [6.45, 7) is 0. The zero-order valence-electron chi connectivity index (χ0n) is 13.2. The molecule has 2 aliphatic rings. The predicted molar refractivity (Wildman–Crippen MR) is 137 cm³/mol. The van der Waals surface area contributed by atoms with E-state index >= 15 is 0 Å². The smallest absolute Gasteiger partial charge is 0.266 e. The number of hydrogen-bond acceptors (Lipinski definition) is 2. The molecule has 0 saturated heterocycles. The van der Waals surface area contributed by atoms with Gasteiger partial charge in [-0.25, -0.2) is 4.99 Å². The Morgan fingerprint density at radius 1 is 0.750 bits per heavy atom. The Balaban J connectivity index is 1.97. The molecule has 2 heterocycles. The fraction of sp³-hybridized carbons (Fsp3) is 0. The zero-order valence-corrected chi connectivity index (χ0v) is 24.3. The van der Waals surface area contributed by atoms with Crippen molar-refractivity contribution in [3.63, 3.8) is 0 Å². The Morgan fingerprint density at radius 3 is 2.07 bits per heavy atom. The number of amides is 1. The number of benzene rings is 3. The van der Waals surface area contributed by atoms with Crippen LogP contribution in [0.15, 0.2) is 54.5 Å². The minimum Gasteiger partial charge on any atom is -0.268 e. The van der Waals surface area contributed by atoms with Gasteiger partial charge in [-0.15, -0.1) is 0 Å². The first-order valence-electron chi connectivity index (χ1n) is 7.63. The van der Waals surface area contributed by atoms with E-state index in [0.29, 0.717) is 15.9 Å². The van der Waals surface area contributed by atoms with Crippen molar-refractivity contribution in [1.29, 1.82) is 0 Å². The van der Waals surface area contributed by atoms with Gasteiger partial charge in [-0.05, 0) is 119 Å². The first-order chi connectivity index (χ1) is 13.2. The molecule has 3 aromatic rings. The van der Waals surface area contributed by atoms with Crippen molar-refractivity contribution >= 4 is 145 Å². The minimum absolute atomic E-state index is 0.126. The summed E-state index contributed by atoms with van der Waals surface area (Å²) >= 11 is 25.2. The molecule has 0 N–H and O–H groups in total. The van der Waals surface area contributed by atoms with Crippen molar-refractivity contribution in [2.24, 2.45) is 4.99 Å². The van der Waals surface area contributed by atoms with E-state index < -0.39 is 0 Å². The van der Waals surface area contributed by atoms with Crippen molar-refractivity contribution in [2.45, 2.75) is 0 Å². The van der Waals surface area contributed by atoms with Crippen LogP contribution in [-0.2, 0) is 0 Å². The fourth-order valence-electron chi connectivity index (χ4n) is 3.49. The van der Waals surface area contributed by atoms with Crippen molar-refractivity contribution in [2.75, 3.05) is 4.90 Å². The third kappa shape index (κ3) is 2.64. The summed E-state index contributed by atoms with van der Waals surface area (Å²) in [7, 11) is 0. The number of fused-ring (bicyclic) bond motifs is 4. The lowest BCUT2D eigenvalue weighted by atomic mass is 10.0. The molecule has 1 amide bonds. The average molecular weight is 823 g/mol. The molecule has 0 radical (unpaired) electrons. The monoisotopic (exact) mass is 815 g/mol. The summed E-state index contributed by atoms with van der Waals surface area (Å²) in [4.78, 5) is 20.1. The van der Waals surface area contributed by atoms with Gasteiger partial charge in [0.05, 0.1) is 21.4 Å². The molecular weight excluding hydrogens is 820 g/mol. The molecule has 0 aliphatic carbocycles. The topological polar surface area (TPSA) is 32.7 Å². The van der Waals surface area contributed by atoms with Crippen molar-refractivity contribution in [1.82, 2.24) is 0 Å². The Bertz CT molecular complexity index is 1320. The molecule has 0 atom stereocenters. The lowest BCUT2D eigenvalue weighted by Gasteiger charge is -2.26. The highest BCUT2D eigenvalue weighted by Gasteiger charge is 2.43. The normalized spacial score (nSPS) is 14.5. The Morgan fingerprint density at radius 2 is 1.39 bits per heavy atom. The number of amidine groups is 1. The van der Waals surface area contributed by atoms with Crippen LogP contribution in [0.5, 0.6) is 0 Å². The minimum atomic E-state index is -0.126. The first-order valence-corrected chi connectivity index (χ1v) is 13.2. The number of halogens is 7. The van der Waals surface area contributed by atoms with E-state index in [1.807, 2.05) is 18.2 Å². The average Bonchev–Trinajstić information content (AvgIpc) is 2.95. The van der Waals surface area contributed by atoms with Crippen molar-refractivity contribution < 1.29 is 4.79 Å². The van der Waals surface area contributed by atoms with Crippen molar-refractivity contribution in [3.05, 3.63) is 60.6 Å². The maximum atomic E-state index is 13.5. The molecule has 3 nitrogen and oxygen atoms in total. The highest BCUT2D eigenvalue weighted by Crippen LogP contribution is 2.53. The maximum Gasteiger partial charge on any atom is 0.266 e. The standard InChI is InChI=1S/C18H3Br7N2O/c19-5-1-4-2-6(20)11(21)16-8(4)7(3-5)27-17(26-16)9-10(18(27)28)13(23)15(25)14(24)12(9)22/h1-3H. The summed E-state index contributed by atoms with van der Waals surface area (Å²) in [6.07, 6.45) is 0. The number of anilines is 1. The van der Waals surface area contributed by atoms with Crippen LogP contribution in [0.25, 0.3) is 10.8 Å². The molecule has 3 aromatic carbocycles. The largest absolute Gasteiger partial charge is 0.268 e. The molecule has 0 bridgehead atoms. The lowest BCUT2D eigenvalue weighted by Crippen LogP contribution is -2.32. The zero-order chi connectivity index (χ0) is 20.1. The van der Waals surface area contributed by atoms with Crippen LogP contribution in [0.2, 0.25) is 0 Å². The Kier molecular flexibility index (Phi) is 5.06. The van der Waals surface area contributed by atoms with Gasteiger partial charge in [-0.2, -0.15) is 0 Å². The van der Waals surface area contributed by atoms with Crippen molar-refractivity contribution in [3.8, 4) is 0 Å². The van der Waals surface area contributed by atoms with E-state index in [2.05, 4.69) is 112 Å². The summed E-state index contributed by atoms with van der Waals surface area (Å²) in [5.74, 6) is 0.463. The van der Waals surface area contributed by atoms with Gasteiger partial charge in [0.25, 0.3) is 5.91 Å². The van der Waals surface area contributed by atoms with E-state index in [-0.39, 0.29) is 5.91 Å². The summed E-state index contributed by atoms with van der Waals surface area (Å²) < 4.78 is 5.69. The first kappa shape index (κ1) is 20.3. The molecule has 0 unspecified atom stereocenters. The predicted octanol–water partition coefficient (Wildman–Crippen LogP) is 9.23. The summed E-state index contributed by atoms with van der Waals surface area (Å²) in [5, 5.41) is 1.91. The van der Waals surface area contributed by atoms with E-state index in [4.69, 9.17) is 4.99 Å². The molecule has 0 aromatic heterocycles. The summed E-state index contributed by atoms with van der Waals surface area (Å²) in [6, 6.07) is 5.99. The van der Waals surface area contributed by atoms with Gasteiger partial charge in [-0.3, -0.25) is 9.69 Å². The molecule has 28 heavy (non-hydrogen) atoms. The fourth-order valence-corrected chi connectivity index (χ4v) is 7.25. The number of aliphatic imine (C=N–C) groups is 1. The van der Waals surface area contributed by atoms with Crippen LogP contribution in [0.3, 0.4) is 0 Å². The van der Waals surface area contributed by atoms with Gasteiger partial charge in [0.15, 0.2) is 0 Å². The quantitative estimate of drug-likeness (QED) is 0.165. The molecule has 140 valence electrons. The van der Waals surface area contributed by atoms with E-state index in [1.165, 1.54) is 0 Å². The lowest BCUT2D eigenvalue weighted by molar-refractivity contribution is 0.101. The number of nitrogens with zero attached hydrogens (tertiary/aromatic N) is 2. The third-order valence-corrected chi connectivity index (χ3v) is 11.8. The number of hydrogen-bond donors (Lipinski definition) is 0. The third-order valence-electron chi connectivity index (χ3n) is 4.63. The van der Waals surface area contributed by atoms with Gasteiger partial charge >= 0.3 is 0 Å². The van der Waals surface area contributed by atoms with E-state index in [1.54, 1.807) is 4.90 Å². The van der Waals surface area contributed by atoms with Gasteiger partial charge in [0.2, 0.25) is 0 Å². The van der Waals surface area contributed by atoms with Gasteiger partial charge in [0, 0.05) is 37.8 Å². The molecule has 0 saturated carbocycles. The van der Waals surface area contributed by atoms with Gasteiger partial charge < -0.3 is 0 Å². The second-order valence-electron chi connectivity index (χ2n) is 6.13. The van der Waals surface area contributed by atoms with Crippen LogP contribution in [0.4, 0.5) is 11.4 Å². The van der Waals surface area contributed by atoms with Crippen LogP contribution in [0.1, 0.15) is 15.9 Å². The second-order valence-corrected chi connectivity index (χ2v) is 11.9. The van der Waals surface area contributed by atoms with E-state index in [0.717, 1.165) is 54.5 Å². The molecule has 10 heteroatoms. The summed E-state index contributed by atoms with van der Waals surface area (Å²) in [5.41, 5.74) is 2.90. The van der Waals surface area contributed by atoms with E-state index in [9.17, 15) is 4.79 Å². The number of carbonyl (C=O) groups is 1. The Labute approximate surface area is 218 Å². The molecule has 5 rings (SSSR count). The maximum absolute atomic E-state index is 13.5. The second kappa shape index (κ2) is 6.97. The highest BCUT2D eigenvalue weighted by molar-refractivity contribution is 9.15. The molecule has 0 fully saturated rings. The molecule has 2 aliphatic heterocycles.